The molecule has 80 valence electrons. The molecule has 1 aromatic carbocycles. The van der Waals surface area contributed by atoms with Crippen LogP contribution in [-0.4, -0.2) is 11.9 Å². The lowest BCUT2D eigenvalue weighted by Crippen LogP contribution is -2.35. The van der Waals surface area contributed by atoms with Crippen LogP contribution >= 0.6 is 0 Å². The lowest BCUT2D eigenvalue weighted by molar-refractivity contribution is -0.117. The summed E-state index contributed by atoms with van der Waals surface area (Å²) >= 11 is 0. The van der Waals surface area contributed by atoms with Gasteiger partial charge in [0.15, 0.2) is 0 Å². The second kappa shape index (κ2) is 5.60. The minimum atomic E-state index is -0.695. The lowest BCUT2D eigenvalue weighted by atomic mass is 10.2. The van der Waals surface area contributed by atoms with Gasteiger partial charge in [-0.2, -0.15) is 0 Å². The third-order valence-corrected chi connectivity index (χ3v) is 1.97. The molecule has 0 radical (unpaired) electrons. The Labute approximate surface area is 95.0 Å². The molecule has 16 heavy (non-hydrogen) atoms. The average molecular weight is 212 g/mol. The molecule has 1 aromatic rings. The van der Waals surface area contributed by atoms with Gasteiger partial charge in [-0.1, -0.05) is 12.0 Å². The molecule has 0 heterocycles. The molecule has 1 rings (SSSR count). The number of rotatable bonds is 3. The molecule has 1 atom stereocenters. The van der Waals surface area contributed by atoms with Crippen LogP contribution in [0.5, 0.6) is 0 Å². The van der Waals surface area contributed by atoms with Gasteiger partial charge in [0.1, 0.15) is 0 Å². The molecule has 0 fully saturated rings. The first kappa shape index (κ1) is 11.8. The summed E-state index contributed by atoms with van der Waals surface area (Å²) in [7, 11) is 0. The fourth-order valence-electron chi connectivity index (χ4n) is 1.14. The number of hydrogen-bond donors (Lipinski definition) is 2. The van der Waals surface area contributed by atoms with Gasteiger partial charge in [0.2, 0.25) is 5.91 Å². The van der Waals surface area contributed by atoms with E-state index >= 15 is 0 Å². The van der Waals surface area contributed by atoms with E-state index in [0.717, 1.165) is 0 Å². The van der Waals surface area contributed by atoms with Gasteiger partial charge in [0.25, 0.3) is 0 Å². The predicted molar refractivity (Wildman–Crippen MR) is 64.4 cm³/mol. The normalized spacial score (nSPS) is 10.9. The summed E-state index contributed by atoms with van der Waals surface area (Å²) in [6.45, 7) is 0. The SMILES string of the molecule is C#CCC(N)C(=O)Nc1cccc(C#C)c1. The van der Waals surface area contributed by atoms with E-state index in [1.807, 2.05) is 0 Å². The molecular formula is C13H12N2O. The number of nitrogens with one attached hydrogen (secondary N) is 1. The highest BCUT2D eigenvalue weighted by molar-refractivity contribution is 5.94. The van der Waals surface area contributed by atoms with Crippen molar-refractivity contribution in [2.24, 2.45) is 5.73 Å². The highest BCUT2D eigenvalue weighted by Gasteiger charge is 2.11. The summed E-state index contributed by atoms with van der Waals surface area (Å²) in [5.41, 5.74) is 6.87. The summed E-state index contributed by atoms with van der Waals surface area (Å²) in [4.78, 5) is 11.5. The van der Waals surface area contributed by atoms with E-state index in [-0.39, 0.29) is 12.3 Å². The van der Waals surface area contributed by atoms with Gasteiger partial charge in [0.05, 0.1) is 6.04 Å². The van der Waals surface area contributed by atoms with Crippen LogP contribution in [0.15, 0.2) is 24.3 Å². The molecule has 0 aromatic heterocycles. The number of carbonyl (C=O) groups excluding carboxylic acids is 1. The maximum absolute atomic E-state index is 11.5. The highest BCUT2D eigenvalue weighted by Crippen LogP contribution is 2.10. The van der Waals surface area contributed by atoms with Gasteiger partial charge in [0, 0.05) is 17.7 Å². The molecular weight excluding hydrogens is 200 g/mol. The van der Waals surface area contributed by atoms with Gasteiger partial charge in [-0.15, -0.1) is 18.8 Å². The molecule has 0 bridgehead atoms. The van der Waals surface area contributed by atoms with E-state index < -0.39 is 6.04 Å². The van der Waals surface area contributed by atoms with Crippen molar-refractivity contribution >= 4 is 11.6 Å². The first-order valence-electron chi connectivity index (χ1n) is 4.74. The van der Waals surface area contributed by atoms with Gasteiger partial charge in [-0.05, 0) is 18.2 Å². The second-order valence-corrected chi connectivity index (χ2v) is 3.23. The van der Waals surface area contributed by atoms with Crippen LogP contribution in [0.4, 0.5) is 5.69 Å². The Morgan fingerprint density at radius 1 is 1.50 bits per heavy atom. The van der Waals surface area contributed by atoms with E-state index in [2.05, 4.69) is 17.2 Å². The van der Waals surface area contributed by atoms with E-state index in [9.17, 15) is 4.79 Å². The molecule has 3 N–H and O–H groups in total. The zero-order chi connectivity index (χ0) is 12.0. The number of benzene rings is 1. The first-order valence-corrected chi connectivity index (χ1v) is 4.74. The number of hydrogen-bond acceptors (Lipinski definition) is 2. The molecule has 0 spiro atoms. The van der Waals surface area contributed by atoms with Crippen LogP contribution in [0.1, 0.15) is 12.0 Å². The molecule has 1 amide bonds. The standard InChI is InChI=1S/C13H12N2O/c1-3-6-12(14)13(16)15-11-8-5-7-10(4-2)9-11/h1-2,5,7-9,12H,6,14H2,(H,15,16). The zero-order valence-corrected chi connectivity index (χ0v) is 8.73. The van der Waals surface area contributed by atoms with E-state index in [1.165, 1.54) is 0 Å². The molecule has 3 heteroatoms. The third kappa shape index (κ3) is 3.16. The lowest BCUT2D eigenvalue weighted by Gasteiger charge is -2.09. The minimum absolute atomic E-state index is 0.209. The van der Waals surface area contributed by atoms with Crippen molar-refractivity contribution in [1.82, 2.24) is 0 Å². The molecule has 1 unspecified atom stereocenters. The smallest absolute Gasteiger partial charge is 0.242 e. The van der Waals surface area contributed by atoms with E-state index in [0.29, 0.717) is 11.3 Å². The van der Waals surface area contributed by atoms with Crippen LogP contribution in [0, 0.1) is 24.7 Å². The zero-order valence-electron chi connectivity index (χ0n) is 8.73. The Morgan fingerprint density at radius 3 is 2.88 bits per heavy atom. The minimum Gasteiger partial charge on any atom is -0.325 e. The maximum Gasteiger partial charge on any atom is 0.242 e. The molecule has 0 aliphatic carbocycles. The molecule has 3 nitrogen and oxygen atoms in total. The van der Waals surface area contributed by atoms with Crippen molar-refractivity contribution in [3.63, 3.8) is 0 Å². The average Bonchev–Trinajstić information content (AvgIpc) is 2.29. The predicted octanol–water partition coefficient (Wildman–Crippen LogP) is 0.957. The third-order valence-electron chi connectivity index (χ3n) is 1.97. The summed E-state index contributed by atoms with van der Waals surface area (Å²) in [5.74, 6) is 4.51. The second-order valence-electron chi connectivity index (χ2n) is 3.23. The fraction of sp³-hybridized carbons (Fsp3) is 0.154. The Morgan fingerprint density at radius 2 is 2.25 bits per heavy atom. The van der Waals surface area contributed by atoms with E-state index in [1.54, 1.807) is 24.3 Å². The summed E-state index contributed by atoms with van der Waals surface area (Å²) in [6.07, 6.45) is 10.5. The number of terminal acetylenes is 2. The fourth-order valence-corrected chi connectivity index (χ4v) is 1.14. The van der Waals surface area contributed by atoms with Gasteiger partial charge < -0.3 is 11.1 Å². The summed E-state index contributed by atoms with van der Waals surface area (Å²) in [6, 6.07) is 6.27. The van der Waals surface area contributed by atoms with Crippen LogP contribution in [0.2, 0.25) is 0 Å². The van der Waals surface area contributed by atoms with Crippen LogP contribution in [0.25, 0.3) is 0 Å². The number of amides is 1. The maximum atomic E-state index is 11.5. The first-order chi connectivity index (χ1) is 7.67. The monoisotopic (exact) mass is 212 g/mol. The summed E-state index contributed by atoms with van der Waals surface area (Å²) < 4.78 is 0. The Hall–Kier alpha value is -2.23. The van der Waals surface area contributed by atoms with Crippen molar-refractivity contribution in [3.05, 3.63) is 29.8 Å². The van der Waals surface area contributed by atoms with Crippen molar-refractivity contribution in [2.45, 2.75) is 12.5 Å². The number of carbonyl (C=O) groups is 1. The van der Waals surface area contributed by atoms with E-state index in [4.69, 9.17) is 18.6 Å². The van der Waals surface area contributed by atoms with Gasteiger partial charge in [-0.3, -0.25) is 4.79 Å². The topological polar surface area (TPSA) is 55.1 Å². The summed E-state index contributed by atoms with van der Waals surface area (Å²) in [5, 5.41) is 2.65. The largest absolute Gasteiger partial charge is 0.325 e. The van der Waals surface area contributed by atoms with Crippen LogP contribution < -0.4 is 11.1 Å². The van der Waals surface area contributed by atoms with Crippen molar-refractivity contribution < 1.29 is 4.79 Å². The number of anilines is 1. The Balaban J connectivity index is 2.71. The molecule has 0 aliphatic rings. The van der Waals surface area contributed by atoms with Crippen molar-refractivity contribution in [3.8, 4) is 24.7 Å². The van der Waals surface area contributed by atoms with Crippen molar-refractivity contribution in [1.29, 1.82) is 0 Å². The van der Waals surface area contributed by atoms with Gasteiger partial charge in [-0.25, -0.2) is 0 Å². The van der Waals surface area contributed by atoms with Crippen molar-refractivity contribution in [2.75, 3.05) is 5.32 Å². The Bertz CT molecular complexity index is 466. The van der Waals surface area contributed by atoms with Crippen LogP contribution in [-0.2, 0) is 4.79 Å². The van der Waals surface area contributed by atoms with Crippen LogP contribution in [0.3, 0.4) is 0 Å². The molecule has 0 saturated heterocycles. The Kier molecular flexibility index (Phi) is 4.15. The quantitative estimate of drug-likeness (QED) is 0.733. The highest BCUT2D eigenvalue weighted by atomic mass is 16.2. The van der Waals surface area contributed by atoms with Gasteiger partial charge >= 0.3 is 0 Å². The number of nitrogens with two attached hydrogens (primary N) is 1. The molecule has 0 aliphatic heterocycles. The molecule has 0 saturated carbocycles.